The third kappa shape index (κ3) is 5.87. The number of hydrogen-bond acceptors (Lipinski definition) is 5. The number of para-hydroxylation sites is 1. The highest BCUT2D eigenvalue weighted by Crippen LogP contribution is 2.33. The smallest absolute Gasteiger partial charge is 0.243 e. The van der Waals surface area contributed by atoms with E-state index in [1.165, 1.54) is 48.4 Å². The van der Waals surface area contributed by atoms with Gasteiger partial charge in [-0.1, -0.05) is 24.3 Å². The number of methoxy groups -OCH3 is 1. The lowest BCUT2D eigenvalue weighted by Crippen LogP contribution is -2.22. The van der Waals surface area contributed by atoms with Gasteiger partial charge >= 0.3 is 0 Å². The molecule has 34 heavy (non-hydrogen) atoms. The van der Waals surface area contributed by atoms with Gasteiger partial charge in [-0.15, -0.1) is 0 Å². The van der Waals surface area contributed by atoms with Crippen molar-refractivity contribution in [1.82, 2.24) is 10.3 Å². The molecule has 1 aliphatic rings. The number of ether oxygens (including phenoxy) is 1. The summed E-state index contributed by atoms with van der Waals surface area (Å²) in [5.41, 5.74) is 5.79. The molecule has 1 aromatic heterocycles. The van der Waals surface area contributed by atoms with Gasteiger partial charge in [0.25, 0.3) is 0 Å². The number of nitrogens with one attached hydrogen (secondary N) is 2. The van der Waals surface area contributed by atoms with Crippen molar-refractivity contribution in [2.24, 2.45) is 0 Å². The average Bonchev–Trinajstić information content (AvgIpc) is 2.87. The van der Waals surface area contributed by atoms with Gasteiger partial charge in [-0.25, -0.2) is 0 Å². The highest BCUT2D eigenvalue weighted by atomic mass is 16.5. The summed E-state index contributed by atoms with van der Waals surface area (Å²) >= 11 is 0. The molecular weight excluding hydrogens is 426 g/mol. The number of anilines is 1. The van der Waals surface area contributed by atoms with E-state index in [9.17, 15) is 9.90 Å². The van der Waals surface area contributed by atoms with Crippen LogP contribution in [0, 0.1) is 0 Å². The Morgan fingerprint density at radius 3 is 2.79 bits per heavy atom. The van der Waals surface area contributed by atoms with Crippen LogP contribution in [0.3, 0.4) is 0 Å². The van der Waals surface area contributed by atoms with E-state index in [-0.39, 0.29) is 11.7 Å². The van der Waals surface area contributed by atoms with Crippen molar-refractivity contribution in [3.05, 3.63) is 65.4 Å². The van der Waals surface area contributed by atoms with Crippen molar-refractivity contribution in [1.29, 1.82) is 0 Å². The highest BCUT2D eigenvalue weighted by Gasteiger charge is 2.17. The number of aromatic nitrogens is 1. The number of carbonyl (C=O) groups excluding carboxylic acids is 1. The van der Waals surface area contributed by atoms with E-state index in [2.05, 4.69) is 34.9 Å². The number of phenolic OH excluding ortho intramolecular Hbond substituents is 1. The molecule has 0 spiro atoms. The monoisotopic (exact) mass is 459 g/mol. The zero-order valence-electron chi connectivity index (χ0n) is 19.8. The van der Waals surface area contributed by atoms with Crippen LogP contribution in [0.5, 0.6) is 11.5 Å². The summed E-state index contributed by atoms with van der Waals surface area (Å²) in [7, 11) is 1.50. The number of nitrogens with zero attached hydrogens (tertiary/aromatic N) is 1. The lowest BCUT2D eigenvalue weighted by molar-refractivity contribution is -0.116. The molecule has 0 radical (unpaired) electrons. The number of carbonyl (C=O) groups is 1. The topological polar surface area (TPSA) is 83.5 Å². The Bertz CT molecular complexity index is 1170. The first-order valence-corrected chi connectivity index (χ1v) is 12.1. The Morgan fingerprint density at radius 1 is 1.09 bits per heavy atom. The van der Waals surface area contributed by atoms with Gasteiger partial charge in [0.05, 0.1) is 12.6 Å². The number of benzene rings is 2. The number of hydrogen-bond donors (Lipinski definition) is 3. The molecule has 6 heteroatoms. The zero-order valence-corrected chi connectivity index (χ0v) is 19.8. The van der Waals surface area contributed by atoms with Crippen LogP contribution in [0.15, 0.2) is 48.5 Å². The van der Waals surface area contributed by atoms with Gasteiger partial charge in [0, 0.05) is 35.9 Å². The van der Waals surface area contributed by atoms with Gasteiger partial charge in [-0.05, 0) is 80.3 Å². The van der Waals surface area contributed by atoms with Crippen LogP contribution in [0.1, 0.15) is 48.9 Å². The van der Waals surface area contributed by atoms with Gasteiger partial charge in [-0.2, -0.15) is 0 Å². The second-order valence-corrected chi connectivity index (χ2v) is 8.68. The van der Waals surface area contributed by atoms with E-state index in [1.54, 1.807) is 24.3 Å². The summed E-state index contributed by atoms with van der Waals surface area (Å²) in [4.78, 5) is 17.0. The maximum absolute atomic E-state index is 12.1. The van der Waals surface area contributed by atoms with Crippen molar-refractivity contribution >= 4 is 28.6 Å². The number of pyridine rings is 1. The molecule has 4 rings (SSSR count). The number of aromatic hydroxyl groups is 1. The molecule has 0 saturated heterocycles. The van der Waals surface area contributed by atoms with Crippen LogP contribution >= 0.6 is 0 Å². The standard InChI is InChI=1S/C28H33N3O3/c1-34-26-19-20(13-15-25(26)32)14-16-27(33)29-17-7-2-8-18-30-28-21-9-3-5-11-23(21)31-24-12-6-4-10-22(24)28/h3,5,9,11,13-16,19,32H,2,4,6-8,10,12,17-18H2,1H3,(H,29,33)(H,30,31)/b16-14+. The van der Waals surface area contributed by atoms with E-state index in [4.69, 9.17) is 9.72 Å². The molecule has 0 unspecified atom stereocenters. The highest BCUT2D eigenvalue weighted by molar-refractivity contribution is 5.93. The van der Waals surface area contributed by atoms with E-state index < -0.39 is 0 Å². The second kappa shape index (κ2) is 11.5. The molecule has 1 heterocycles. The molecule has 0 atom stereocenters. The summed E-state index contributed by atoms with van der Waals surface area (Å²) in [6, 6.07) is 13.4. The first-order valence-electron chi connectivity index (χ1n) is 12.1. The van der Waals surface area contributed by atoms with Crippen molar-refractivity contribution in [3.63, 3.8) is 0 Å². The fraction of sp³-hybridized carbons (Fsp3) is 0.357. The van der Waals surface area contributed by atoms with E-state index in [0.29, 0.717) is 12.3 Å². The predicted molar refractivity (Wildman–Crippen MR) is 137 cm³/mol. The predicted octanol–water partition coefficient (Wildman–Crippen LogP) is 5.24. The van der Waals surface area contributed by atoms with E-state index >= 15 is 0 Å². The Balaban J connectivity index is 1.20. The quantitative estimate of drug-likeness (QED) is 0.285. The maximum Gasteiger partial charge on any atom is 0.243 e. The first-order chi connectivity index (χ1) is 16.7. The molecule has 6 nitrogen and oxygen atoms in total. The minimum absolute atomic E-state index is 0.0793. The Hall–Kier alpha value is -3.54. The first kappa shape index (κ1) is 23.6. The molecule has 0 saturated carbocycles. The van der Waals surface area contributed by atoms with Gasteiger partial charge in [0.15, 0.2) is 11.5 Å². The third-order valence-corrected chi connectivity index (χ3v) is 6.25. The van der Waals surface area contributed by atoms with Crippen molar-refractivity contribution in [2.75, 3.05) is 25.5 Å². The second-order valence-electron chi connectivity index (χ2n) is 8.68. The molecule has 0 aliphatic heterocycles. The summed E-state index contributed by atoms with van der Waals surface area (Å²) < 4.78 is 5.09. The van der Waals surface area contributed by atoms with Crippen LogP contribution in [-0.2, 0) is 17.6 Å². The largest absolute Gasteiger partial charge is 0.504 e. The number of rotatable bonds is 10. The van der Waals surface area contributed by atoms with Crippen molar-refractivity contribution in [3.8, 4) is 11.5 Å². The third-order valence-electron chi connectivity index (χ3n) is 6.25. The van der Waals surface area contributed by atoms with Gasteiger partial charge < -0.3 is 20.5 Å². The molecule has 3 aromatic rings. The number of unbranched alkanes of at least 4 members (excludes halogenated alkanes) is 2. The minimum Gasteiger partial charge on any atom is -0.504 e. The number of amides is 1. The lowest BCUT2D eigenvalue weighted by Gasteiger charge is -2.21. The van der Waals surface area contributed by atoms with E-state index in [0.717, 1.165) is 49.7 Å². The van der Waals surface area contributed by atoms with Gasteiger partial charge in [-0.3, -0.25) is 9.78 Å². The Labute approximate surface area is 201 Å². The Kier molecular flexibility index (Phi) is 8.02. The summed E-state index contributed by atoms with van der Waals surface area (Å²) in [5, 5.41) is 17.5. The normalized spacial score (nSPS) is 13.1. The molecule has 2 aromatic carbocycles. The van der Waals surface area contributed by atoms with Gasteiger partial charge in [0.1, 0.15) is 0 Å². The fourth-order valence-corrected chi connectivity index (χ4v) is 4.45. The fourth-order valence-electron chi connectivity index (χ4n) is 4.45. The van der Waals surface area contributed by atoms with Crippen LogP contribution in [0.2, 0.25) is 0 Å². The summed E-state index contributed by atoms with van der Waals surface area (Å²) in [6.45, 7) is 1.56. The lowest BCUT2D eigenvalue weighted by atomic mass is 9.92. The molecule has 178 valence electrons. The van der Waals surface area contributed by atoms with Crippen molar-refractivity contribution in [2.45, 2.75) is 44.9 Å². The molecule has 0 bridgehead atoms. The zero-order chi connectivity index (χ0) is 23.8. The number of phenols is 1. The SMILES string of the molecule is COc1cc(/C=C/C(=O)NCCCCCNc2c3c(nc4ccccc24)CCCC3)ccc1O. The van der Waals surface area contributed by atoms with Crippen molar-refractivity contribution < 1.29 is 14.6 Å². The van der Waals surface area contributed by atoms with Crippen LogP contribution in [-0.4, -0.2) is 36.2 Å². The van der Waals surface area contributed by atoms with Crippen LogP contribution in [0.4, 0.5) is 5.69 Å². The van der Waals surface area contributed by atoms with E-state index in [1.807, 2.05) is 0 Å². The number of aryl methyl sites for hydroxylation is 1. The Morgan fingerprint density at radius 2 is 1.91 bits per heavy atom. The molecule has 1 aliphatic carbocycles. The molecule has 3 N–H and O–H groups in total. The average molecular weight is 460 g/mol. The minimum atomic E-state index is -0.125. The maximum atomic E-state index is 12.1. The number of fused-ring (bicyclic) bond motifs is 2. The summed E-state index contributed by atoms with van der Waals surface area (Å²) in [5.74, 6) is 0.340. The summed E-state index contributed by atoms with van der Waals surface area (Å²) in [6.07, 6.45) is 10.9. The van der Waals surface area contributed by atoms with Crippen LogP contribution in [0.25, 0.3) is 17.0 Å². The van der Waals surface area contributed by atoms with Gasteiger partial charge in [0.2, 0.25) is 5.91 Å². The van der Waals surface area contributed by atoms with Crippen LogP contribution < -0.4 is 15.4 Å². The molecule has 0 fully saturated rings. The molecule has 1 amide bonds. The molecular formula is C28H33N3O3.